The fourth-order valence-electron chi connectivity index (χ4n) is 2.80. The van der Waals surface area contributed by atoms with Crippen LogP contribution in [-0.4, -0.2) is 54.3 Å². The minimum Gasteiger partial charge on any atom is -0.339 e. The fraction of sp³-hybridized carbons (Fsp3) is 0.294. The molecular weight excluding hydrogens is 458 g/mol. The first kappa shape index (κ1) is 20.1. The summed E-state index contributed by atoms with van der Waals surface area (Å²) in [7, 11) is -3.62. The number of hydrogen-bond acceptors (Lipinski definition) is 4. The first-order chi connectivity index (χ1) is 12.8. The Bertz CT molecular complexity index is 1000. The van der Waals surface area contributed by atoms with Gasteiger partial charge in [-0.1, -0.05) is 11.6 Å². The molecule has 0 saturated carbocycles. The van der Waals surface area contributed by atoms with Gasteiger partial charge < -0.3 is 9.47 Å². The van der Waals surface area contributed by atoms with Gasteiger partial charge in [-0.15, -0.1) is 0 Å². The number of nitrogens with zero attached hydrogens (tertiary/aromatic N) is 3. The number of piperazine rings is 1. The first-order valence-corrected chi connectivity index (χ1v) is 10.8. The molecule has 0 radical (unpaired) electrons. The molecule has 27 heavy (non-hydrogen) atoms. The molecule has 0 spiro atoms. The zero-order valence-electron chi connectivity index (χ0n) is 14.2. The number of rotatable bonds is 4. The third-order valence-electron chi connectivity index (χ3n) is 4.30. The van der Waals surface area contributed by atoms with E-state index in [4.69, 9.17) is 11.6 Å². The van der Waals surface area contributed by atoms with E-state index in [-0.39, 0.29) is 49.1 Å². The Morgan fingerprint density at radius 1 is 1.04 bits per heavy atom. The van der Waals surface area contributed by atoms with Crippen LogP contribution in [0.15, 0.2) is 56.8 Å². The van der Waals surface area contributed by atoms with Gasteiger partial charge in [-0.3, -0.25) is 9.59 Å². The summed E-state index contributed by atoms with van der Waals surface area (Å²) < 4.78 is 28.7. The van der Waals surface area contributed by atoms with E-state index in [2.05, 4.69) is 15.9 Å². The molecular formula is C17H17BrClN3O4S. The summed E-state index contributed by atoms with van der Waals surface area (Å²) in [6.45, 7) is 0.860. The molecule has 3 rings (SSSR count). The molecule has 2 aromatic rings. The molecule has 0 bridgehead atoms. The second-order valence-electron chi connectivity index (χ2n) is 6.05. The number of pyridine rings is 1. The van der Waals surface area contributed by atoms with E-state index < -0.39 is 10.0 Å². The van der Waals surface area contributed by atoms with Crippen LogP contribution >= 0.6 is 27.5 Å². The largest absolute Gasteiger partial charge is 0.339 e. The lowest BCUT2D eigenvalue weighted by atomic mass is 10.3. The van der Waals surface area contributed by atoms with Gasteiger partial charge in [0, 0.05) is 47.9 Å². The van der Waals surface area contributed by atoms with Crippen molar-refractivity contribution >= 4 is 43.5 Å². The number of amides is 1. The van der Waals surface area contributed by atoms with Crippen molar-refractivity contribution in [3.63, 3.8) is 0 Å². The van der Waals surface area contributed by atoms with Crippen molar-refractivity contribution < 1.29 is 13.2 Å². The van der Waals surface area contributed by atoms with Gasteiger partial charge in [-0.25, -0.2) is 8.42 Å². The van der Waals surface area contributed by atoms with Gasteiger partial charge >= 0.3 is 0 Å². The number of hydrogen-bond donors (Lipinski definition) is 0. The molecule has 0 aliphatic carbocycles. The molecule has 0 atom stereocenters. The van der Waals surface area contributed by atoms with Crippen molar-refractivity contribution in [3.05, 3.63) is 62.4 Å². The molecule has 1 aromatic heterocycles. The molecule has 1 aliphatic rings. The number of sulfonamides is 1. The zero-order valence-corrected chi connectivity index (χ0v) is 17.4. The maximum Gasteiger partial charge on any atom is 0.251 e. The number of halogens is 2. The highest BCUT2D eigenvalue weighted by Crippen LogP contribution is 2.20. The van der Waals surface area contributed by atoms with Gasteiger partial charge in [-0.2, -0.15) is 4.31 Å². The summed E-state index contributed by atoms with van der Waals surface area (Å²) >= 11 is 9.08. The SMILES string of the molecule is O=C(Cn1cc(Br)ccc1=O)N1CCN(S(=O)(=O)c2ccc(Cl)cc2)CC1. The van der Waals surface area contributed by atoms with Crippen molar-refractivity contribution in [3.8, 4) is 0 Å². The van der Waals surface area contributed by atoms with Crippen LogP contribution in [0.1, 0.15) is 0 Å². The Labute approximate surface area is 170 Å². The molecule has 0 unspecified atom stereocenters. The third-order valence-corrected chi connectivity index (χ3v) is 6.93. The Morgan fingerprint density at radius 2 is 1.67 bits per heavy atom. The first-order valence-electron chi connectivity index (χ1n) is 8.17. The van der Waals surface area contributed by atoms with Crippen LogP contribution in [0.3, 0.4) is 0 Å². The predicted octanol–water partition coefficient (Wildman–Crippen LogP) is 1.80. The smallest absolute Gasteiger partial charge is 0.251 e. The van der Waals surface area contributed by atoms with Crippen molar-refractivity contribution in [1.82, 2.24) is 13.8 Å². The van der Waals surface area contributed by atoms with Gasteiger partial charge in [0.25, 0.3) is 5.56 Å². The van der Waals surface area contributed by atoms with Gasteiger partial charge in [0.05, 0.1) is 4.90 Å². The molecule has 1 aliphatic heterocycles. The molecule has 2 heterocycles. The lowest BCUT2D eigenvalue weighted by Gasteiger charge is -2.34. The van der Waals surface area contributed by atoms with Crippen LogP contribution in [0.2, 0.25) is 5.02 Å². The fourth-order valence-corrected chi connectivity index (χ4v) is 4.73. The van der Waals surface area contributed by atoms with E-state index in [9.17, 15) is 18.0 Å². The lowest BCUT2D eigenvalue weighted by molar-refractivity contribution is -0.133. The molecule has 144 valence electrons. The van der Waals surface area contributed by atoms with Crippen LogP contribution in [0.4, 0.5) is 0 Å². The summed E-state index contributed by atoms with van der Waals surface area (Å²) in [5.74, 6) is -0.223. The van der Waals surface area contributed by atoms with Crippen LogP contribution in [0.25, 0.3) is 0 Å². The van der Waals surface area contributed by atoms with Gasteiger partial charge in [0.2, 0.25) is 15.9 Å². The van der Waals surface area contributed by atoms with Crippen LogP contribution in [-0.2, 0) is 21.4 Å². The van der Waals surface area contributed by atoms with E-state index in [0.717, 1.165) is 0 Å². The predicted molar refractivity (Wildman–Crippen MR) is 105 cm³/mol. The average Bonchev–Trinajstić information content (AvgIpc) is 2.65. The molecule has 1 aromatic carbocycles. The van der Waals surface area contributed by atoms with Crippen molar-refractivity contribution in [1.29, 1.82) is 0 Å². The van der Waals surface area contributed by atoms with Gasteiger partial charge in [0.15, 0.2) is 0 Å². The van der Waals surface area contributed by atoms with E-state index in [1.54, 1.807) is 17.2 Å². The molecule has 1 amide bonds. The monoisotopic (exact) mass is 473 g/mol. The van der Waals surface area contributed by atoms with Gasteiger partial charge in [-0.05, 0) is 46.3 Å². The number of aromatic nitrogens is 1. The number of benzene rings is 1. The molecule has 7 nitrogen and oxygen atoms in total. The van der Waals surface area contributed by atoms with Crippen LogP contribution < -0.4 is 5.56 Å². The summed E-state index contributed by atoms with van der Waals surface area (Å²) in [5, 5.41) is 0.465. The number of carbonyl (C=O) groups is 1. The van der Waals surface area contributed by atoms with E-state index in [1.807, 2.05) is 0 Å². The lowest BCUT2D eigenvalue weighted by Crippen LogP contribution is -2.51. The normalized spacial score (nSPS) is 15.7. The second-order valence-corrected chi connectivity index (χ2v) is 9.34. The maximum absolute atomic E-state index is 12.7. The third kappa shape index (κ3) is 4.60. The standard InChI is InChI=1S/C17H17BrClN3O4S/c18-13-1-6-16(23)21(11-13)12-17(24)20-7-9-22(10-8-20)27(25,26)15-4-2-14(19)3-5-15/h1-6,11H,7-10,12H2. The molecule has 10 heteroatoms. The maximum atomic E-state index is 12.7. The Morgan fingerprint density at radius 3 is 2.30 bits per heavy atom. The summed E-state index contributed by atoms with van der Waals surface area (Å²) in [5.41, 5.74) is -0.268. The Kier molecular flexibility index (Phi) is 6.05. The van der Waals surface area contributed by atoms with E-state index in [0.29, 0.717) is 9.50 Å². The number of carbonyl (C=O) groups excluding carboxylic acids is 1. The Hall–Kier alpha value is -1.68. The highest BCUT2D eigenvalue weighted by atomic mass is 79.9. The highest BCUT2D eigenvalue weighted by molar-refractivity contribution is 9.10. The minimum absolute atomic E-state index is 0.0811. The average molecular weight is 475 g/mol. The van der Waals surface area contributed by atoms with Crippen LogP contribution in [0.5, 0.6) is 0 Å². The van der Waals surface area contributed by atoms with Crippen molar-refractivity contribution in [2.24, 2.45) is 0 Å². The minimum atomic E-state index is -3.62. The molecule has 0 N–H and O–H groups in total. The van der Waals surface area contributed by atoms with E-state index >= 15 is 0 Å². The Balaban J connectivity index is 1.64. The zero-order chi connectivity index (χ0) is 19.6. The quantitative estimate of drug-likeness (QED) is 0.677. The van der Waals surface area contributed by atoms with Crippen LogP contribution in [0, 0.1) is 0 Å². The van der Waals surface area contributed by atoms with Crippen molar-refractivity contribution in [2.75, 3.05) is 26.2 Å². The molecule has 1 saturated heterocycles. The summed E-state index contributed by atoms with van der Waals surface area (Å²) in [6.07, 6.45) is 1.56. The molecule has 1 fully saturated rings. The second kappa shape index (κ2) is 8.14. The summed E-state index contributed by atoms with van der Waals surface area (Å²) in [4.78, 5) is 26.0. The van der Waals surface area contributed by atoms with Gasteiger partial charge in [0.1, 0.15) is 6.54 Å². The van der Waals surface area contributed by atoms with E-state index in [1.165, 1.54) is 39.2 Å². The highest BCUT2D eigenvalue weighted by Gasteiger charge is 2.30. The van der Waals surface area contributed by atoms with Crippen molar-refractivity contribution in [2.45, 2.75) is 11.4 Å². The topological polar surface area (TPSA) is 79.7 Å². The summed E-state index contributed by atoms with van der Waals surface area (Å²) in [6, 6.07) is 9.00.